The zero-order valence-electron chi connectivity index (χ0n) is 12.0. The highest BCUT2D eigenvalue weighted by atomic mass is 16.2. The molecule has 0 saturated heterocycles. The van der Waals surface area contributed by atoms with Gasteiger partial charge < -0.3 is 10.6 Å². The number of anilines is 1. The van der Waals surface area contributed by atoms with E-state index in [4.69, 9.17) is 5.73 Å². The molecule has 1 aliphatic rings. The summed E-state index contributed by atoms with van der Waals surface area (Å²) in [6, 6.07) is 6.08. The molecule has 1 aromatic carbocycles. The van der Waals surface area contributed by atoms with Crippen LogP contribution in [0.15, 0.2) is 18.2 Å². The summed E-state index contributed by atoms with van der Waals surface area (Å²) in [4.78, 5) is 14.3. The van der Waals surface area contributed by atoms with Crippen LogP contribution < -0.4 is 10.6 Å². The van der Waals surface area contributed by atoms with Crippen molar-refractivity contribution in [2.45, 2.75) is 45.6 Å². The van der Waals surface area contributed by atoms with Crippen LogP contribution >= 0.6 is 0 Å². The van der Waals surface area contributed by atoms with Gasteiger partial charge in [-0.05, 0) is 43.0 Å². The highest BCUT2D eigenvalue weighted by molar-refractivity contribution is 5.94. The lowest BCUT2D eigenvalue weighted by atomic mass is 9.88. The van der Waals surface area contributed by atoms with Crippen LogP contribution in [-0.2, 0) is 11.3 Å². The molecule has 2 N–H and O–H groups in total. The van der Waals surface area contributed by atoms with E-state index in [0.29, 0.717) is 6.54 Å². The Morgan fingerprint density at radius 1 is 1.32 bits per heavy atom. The maximum atomic E-state index is 12.5. The van der Waals surface area contributed by atoms with Gasteiger partial charge in [-0.15, -0.1) is 0 Å². The van der Waals surface area contributed by atoms with Crippen molar-refractivity contribution in [3.05, 3.63) is 29.3 Å². The summed E-state index contributed by atoms with van der Waals surface area (Å²) < 4.78 is 0. The van der Waals surface area contributed by atoms with E-state index >= 15 is 0 Å². The normalized spacial score (nSPS) is 16.4. The standard InChI is InChI=1S/C16H24N2O/c1-12-10-15(9-8-14(12)11-17)18(2)16(19)13-6-4-3-5-7-13/h8-10,13H,3-7,11,17H2,1-2H3. The van der Waals surface area contributed by atoms with Crippen molar-refractivity contribution in [3.8, 4) is 0 Å². The number of hydrogen-bond donors (Lipinski definition) is 1. The lowest BCUT2D eigenvalue weighted by Gasteiger charge is -2.27. The minimum absolute atomic E-state index is 0.216. The Balaban J connectivity index is 2.11. The Bertz CT molecular complexity index is 450. The first-order valence-corrected chi connectivity index (χ1v) is 7.20. The Kier molecular flexibility index (Phi) is 4.59. The highest BCUT2D eigenvalue weighted by Gasteiger charge is 2.24. The lowest BCUT2D eigenvalue weighted by molar-refractivity contribution is -0.123. The van der Waals surface area contributed by atoms with Crippen molar-refractivity contribution < 1.29 is 4.79 Å². The molecule has 0 aliphatic heterocycles. The Morgan fingerprint density at radius 2 is 2.00 bits per heavy atom. The molecule has 19 heavy (non-hydrogen) atoms. The minimum atomic E-state index is 0.216. The van der Waals surface area contributed by atoms with Crippen molar-refractivity contribution >= 4 is 11.6 Å². The number of aryl methyl sites for hydroxylation is 1. The topological polar surface area (TPSA) is 46.3 Å². The van der Waals surface area contributed by atoms with Gasteiger partial charge in [-0.3, -0.25) is 4.79 Å². The molecule has 1 aromatic rings. The Morgan fingerprint density at radius 3 is 2.58 bits per heavy atom. The summed E-state index contributed by atoms with van der Waals surface area (Å²) in [5.74, 6) is 0.479. The molecule has 0 heterocycles. The van der Waals surface area contributed by atoms with Gasteiger partial charge in [0, 0.05) is 25.2 Å². The van der Waals surface area contributed by atoms with E-state index in [9.17, 15) is 4.79 Å². The average molecular weight is 260 g/mol. The maximum absolute atomic E-state index is 12.5. The second kappa shape index (κ2) is 6.20. The number of rotatable bonds is 3. The average Bonchev–Trinajstić information content (AvgIpc) is 2.46. The fourth-order valence-corrected chi connectivity index (χ4v) is 2.87. The molecule has 3 nitrogen and oxygen atoms in total. The zero-order valence-corrected chi connectivity index (χ0v) is 12.0. The summed E-state index contributed by atoms with van der Waals surface area (Å²) in [5.41, 5.74) is 8.95. The minimum Gasteiger partial charge on any atom is -0.326 e. The molecule has 0 spiro atoms. The van der Waals surface area contributed by atoms with Crippen LogP contribution in [0.25, 0.3) is 0 Å². The summed E-state index contributed by atoms with van der Waals surface area (Å²) in [6.45, 7) is 2.59. The molecule has 0 radical (unpaired) electrons. The second-order valence-electron chi connectivity index (χ2n) is 5.55. The number of benzene rings is 1. The van der Waals surface area contributed by atoms with Crippen LogP contribution in [0.1, 0.15) is 43.2 Å². The first-order chi connectivity index (χ1) is 9.13. The van der Waals surface area contributed by atoms with Gasteiger partial charge in [-0.25, -0.2) is 0 Å². The van der Waals surface area contributed by atoms with Gasteiger partial charge in [0.25, 0.3) is 0 Å². The number of nitrogens with two attached hydrogens (primary N) is 1. The summed E-state index contributed by atoms with van der Waals surface area (Å²) >= 11 is 0. The van der Waals surface area contributed by atoms with Gasteiger partial charge in [0.2, 0.25) is 5.91 Å². The smallest absolute Gasteiger partial charge is 0.229 e. The van der Waals surface area contributed by atoms with Crippen molar-refractivity contribution in [2.24, 2.45) is 11.7 Å². The number of carbonyl (C=O) groups excluding carboxylic acids is 1. The van der Waals surface area contributed by atoms with Crippen LogP contribution in [0.4, 0.5) is 5.69 Å². The summed E-state index contributed by atoms with van der Waals surface area (Å²) in [6.07, 6.45) is 5.74. The number of nitrogens with zero attached hydrogens (tertiary/aromatic N) is 1. The summed E-state index contributed by atoms with van der Waals surface area (Å²) in [7, 11) is 1.88. The molecule has 1 fully saturated rings. The molecular weight excluding hydrogens is 236 g/mol. The number of amides is 1. The third kappa shape index (κ3) is 3.16. The van der Waals surface area contributed by atoms with E-state index in [-0.39, 0.29) is 11.8 Å². The van der Waals surface area contributed by atoms with Crippen molar-refractivity contribution in [1.29, 1.82) is 0 Å². The first-order valence-electron chi connectivity index (χ1n) is 7.20. The van der Waals surface area contributed by atoms with E-state index in [1.54, 1.807) is 0 Å². The fourth-order valence-electron chi connectivity index (χ4n) is 2.87. The monoisotopic (exact) mass is 260 g/mol. The molecule has 3 heteroatoms. The maximum Gasteiger partial charge on any atom is 0.229 e. The lowest BCUT2D eigenvalue weighted by Crippen LogP contribution is -2.34. The third-order valence-corrected chi connectivity index (χ3v) is 4.22. The Labute approximate surface area is 115 Å². The predicted molar refractivity (Wildman–Crippen MR) is 79.1 cm³/mol. The largest absolute Gasteiger partial charge is 0.326 e. The second-order valence-corrected chi connectivity index (χ2v) is 5.55. The third-order valence-electron chi connectivity index (χ3n) is 4.22. The van der Waals surface area contributed by atoms with E-state index < -0.39 is 0 Å². The molecule has 1 amide bonds. The molecular formula is C16H24N2O. The van der Waals surface area contributed by atoms with Crippen molar-refractivity contribution in [3.63, 3.8) is 0 Å². The number of carbonyl (C=O) groups is 1. The van der Waals surface area contributed by atoms with Gasteiger partial charge in [-0.1, -0.05) is 25.3 Å². The van der Waals surface area contributed by atoms with Crippen LogP contribution in [0.2, 0.25) is 0 Å². The SMILES string of the molecule is Cc1cc(N(C)C(=O)C2CCCCC2)ccc1CN. The molecule has 1 aliphatic carbocycles. The van der Waals surface area contributed by atoms with Gasteiger partial charge in [0.05, 0.1) is 0 Å². The predicted octanol–water partition coefficient (Wildman–Crippen LogP) is 3.00. The van der Waals surface area contributed by atoms with Gasteiger partial charge >= 0.3 is 0 Å². The van der Waals surface area contributed by atoms with Crippen LogP contribution in [0.5, 0.6) is 0 Å². The van der Waals surface area contributed by atoms with E-state index in [1.807, 2.05) is 31.0 Å². The zero-order chi connectivity index (χ0) is 13.8. The van der Waals surface area contributed by atoms with E-state index in [1.165, 1.54) is 19.3 Å². The number of hydrogen-bond acceptors (Lipinski definition) is 2. The molecule has 2 rings (SSSR count). The van der Waals surface area contributed by atoms with E-state index in [0.717, 1.165) is 29.7 Å². The first kappa shape index (κ1) is 14.1. The fraction of sp³-hybridized carbons (Fsp3) is 0.562. The highest BCUT2D eigenvalue weighted by Crippen LogP contribution is 2.27. The molecule has 0 atom stereocenters. The van der Waals surface area contributed by atoms with Gasteiger partial charge in [0.1, 0.15) is 0 Å². The molecule has 104 valence electrons. The molecule has 0 unspecified atom stereocenters. The Hall–Kier alpha value is -1.35. The van der Waals surface area contributed by atoms with Crippen LogP contribution in [-0.4, -0.2) is 13.0 Å². The van der Waals surface area contributed by atoms with Crippen molar-refractivity contribution in [1.82, 2.24) is 0 Å². The van der Waals surface area contributed by atoms with Gasteiger partial charge in [-0.2, -0.15) is 0 Å². The molecule has 1 saturated carbocycles. The van der Waals surface area contributed by atoms with Crippen LogP contribution in [0, 0.1) is 12.8 Å². The van der Waals surface area contributed by atoms with Crippen LogP contribution in [0.3, 0.4) is 0 Å². The van der Waals surface area contributed by atoms with Gasteiger partial charge in [0.15, 0.2) is 0 Å². The molecule has 0 bridgehead atoms. The van der Waals surface area contributed by atoms with E-state index in [2.05, 4.69) is 6.07 Å². The summed E-state index contributed by atoms with van der Waals surface area (Å²) in [5, 5.41) is 0. The quantitative estimate of drug-likeness (QED) is 0.908. The molecule has 0 aromatic heterocycles. The van der Waals surface area contributed by atoms with Crippen molar-refractivity contribution in [2.75, 3.05) is 11.9 Å².